The van der Waals surface area contributed by atoms with Crippen molar-refractivity contribution in [1.29, 1.82) is 0 Å². The van der Waals surface area contributed by atoms with Gasteiger partial charge in [-0.25, -0.2) is 15.0 Å². The molecule has 0 spiro atoms. The second-order valence-electron chi connectivity index (χ2n) is 5.33. The zero-order chi connectivity index (χ0) is 16.8. The Morgan fingerprint density at radius 2 is 2.09 bits per heavy atom. The number of anilines is 1. The van der Waals surface area contributed by atoms with E-state index in [1.54, 1.807) is 0 Å². The molecule has 0 aliphatic carbocycles. The fourth-order valence-corrected chi connectivity index (χ4v) is 3.76. The predicted molar refractivity (Wildman–Crippen MR) is 77.1 cm³/mol. The lowest BCUT2D eigenvalue weighted by molar-refractivity contribution is -0.0491. The zero-order valence-corrected chi connectivity index (χ0v) is 12.7. The lowest BCUT2D eigenvalue weighted by atomic mass is 10.0. The number of ether oxygens (including phenoxy) is 1. The van der Waals surface area contributed by atoms with Crippen LogP contribution in [0.3, 0.4) is 0 Å². The maximum atomic E-state index is 11.2. The van der Waals surface area contributed by atoms with Gasteiger partial charge in [0.2, 0.25) is 0 Å². The van der Waals surface area contributed by atoms with Gasteiger partial charge in [-0.3, -0.25) is 9.13 Å². The Morgan fingerprint density at radius 1 is 1.35 bits per heavy atom. The van der Waals surface area contributed by atoms with E-state index < -0.39 is 44.7 Å². The highest BCUT2D eigenvalue weighted by molar-refractivity contribution is 7.51. The molecule has 12 heteroatoms. The lowest BCUT2D eigenvalue weighted by Crippen LogP contribution is -2.31. The predicted octanol–water partition coefficient (Wildman–Crippen LogP) is -1.55. The third kappa shape index (κ3) is 2.94. The number of nitrogens with two attached hydrogens (primary N) is 1. The molecule has 0 radical (unpaired) electrons. The molecule has 0 saturated carbocycles. The van der Waals surface area contributed by atoms with Gasteiger partial charge >= 0.3 is 7.60 Å². The van der Waals surface area contributed by atoms with Gasteiger partial charge in [0.05, 0.1) is 25.2 Å². The Labute approximate surface area is 129 Å². The molecule has 23 heavy (non-hydrogen) atoms. The molecule has 126 valence electrons. The van der Waals surface area contributed by atoms with E-state index in [0.29, 0.717) is 11.2 Å². The highest BCUT2D eigenvalue weighted by Gasteiger charge is 2.47. The molecular formula is C11H16N5O6P. The van der Waals surface area contributed by atoms with Crippen LogP contribution in [0.1, 0.15) is 6.23 Å². The van der Waals surface area contributed by atoms with Gasteiger partial charge in [0.15, 0.2) is 17.7 Å². The van der Waals surface area contributed by atoms with Gasteiger partial charge in [0.25, 0.3) is 0 Å². The average molecular weight is 345 g/mol. The SMILES string of the molecule is Nc1ncnc2c1ncn2[C@@H]1O[C@H](CO)[C@@H](CP(=O)(O)O)[C@H]1O. The van der Waals surface area contributed by atoms with Crippen LogP contribution in [0.5, 0.6) is 0 Å². The van der Waals surface area contributed by atoms with Crippen LogP contribution < -0.4 is 5.73 Å². The minimum Gasteiger partial charge on any atom is -0.394 e. The molecule has 2 aromatic rings. The van der Waals surface area contributed by atoms with Crippen LogP contribution in [0, 0.1) is 5.92 Å². The second-order valence-corrected chi connectivity index (χ2v) is 7.03. The van der Waals surface area contributed by atoms with E-state index in [0.717, 1.165) is 0 Å². The number of fused-ring (bicyclic) bond motifs is 1. The summed E-state index contributed by atoms with van der Waals surface area (Å²) < 4.78 is 18.2. The number of hydrogen-bond donors (Lipinski definition) is 5. The molecule has 1 aliphatic rings. The summed E-state index contributed by atoms with van der Waals surface area (Å²) in [6, 6.07) is 0. The number of hydrogen-bond acceptors (Lipinski definition) is 8. The fourth-order valence-electron chi connectivity index (χ4n) is 2.76. The number of aliphatic hydroxyl groups is 2. The van der Waals surface area contributed by atoms with Crippen molar-refractivity contribution < 1.29 is 29.3 Å². The van der Waals surface area contributed by atoms with E-state index >= 15 is 0 Å². The van der Waals surface area contributed by atoms with Crippen molar-refractivity contribution in [3.8, 4) is 0 Å². The number of aromatic nitrogens is 4. The van der Waals surface area contributed by atoms with Crippen molar-refractivity contribution in [2.45, 2.75) is 18.4 Å². The third-order valence-electron chi connectivity index (χ3n) is 3.81. The quantitative estimate of drug-likeness (QED) is 0.408. The largest absolute Gasteiger partial charge is 0.394 e. The minimum atomic E-state index is -4.38. The van der Waals surface area contributed by atoms with Gasteiger partial charge in [-0.2, -0.15) is 0 Å². The first-order valence-corrected chi connectivity index (χ1v) is 8.53. The number of nitrogens with zero attached hydrogens (tertiary/aromatic N) is 4. The van der Waals surface area contributed by atoms with Crippen LogP contribution in [0.2, 0.25) is 0 Å². The van der Waals surface area contributed by atoms with Crippen LogP contribution in [0.25, 0.3) is 11.2 Å². The van der Waals surface area contributed by atoms with E-state index in [1.807, 2.05) is 0 Å². The van der Waals surface area contributed by atoms with Crippen LogP contribution in [-0.2, 0) is 9.30 Å². The molecule has 6 N–H and O–H groups in total. The van der Waals surface area contributed by atoms with Crippen molar-refractivity contribution in [3.05, 3.63) is 12.7 Å². The topological polar surface area (TPSA) is 177 Å². The maximum Gasteiger partial charge on any atom is 0.326 e. The van der Waals surface area contributed by atoms with E-state index in [9.17, 15) is 14.8 Å². The molecule has 3 heterocycles. The van der Waals surface area contributed by atoms with E-state index in [4.69, 9.17) is 20.3 Å². The number of nitrogen functional groups attached to an aromatic ring is 1. The molecule has 0 aromatic carbocycles. The molecular weight excluding hydrogens is 329 g/mol. The average Bonchev–Trinajstić information content (AvgIpc) is 3.01. The van der Waals surface area contributed by atoms with Gasteiger partial charge in [0.1, 0.15) is 17.9 Å². The molecule has 0 amide bonds. The van der Waals surface area contributed by atoms with Gasteiger partial charge in [-0.05, 0) is 0 Å². The van der Waals surface area contributed by atoms with E-state index in [-0.39, 0.29) is 5.82 Å². The highest BCUT2D eigenvalue weighted by atomic mass is 31.2. The number of aliphatic hydroxyl groups excluding tert-OH is 2. The Morgan fingerprint density at radius 3 is 2.74 bits per heavy atom. The van der Waals surface area contributed by atoms with Gasteiger partial charge < -0.3 is 30.5 Å². The Bertz CT molecular complexity index is 762. The number of rotatable bonds is 4. The smallest absolute Gasteiger partial charge is 0.326 e. The first-order valence-electron chi connectivity index (χ1n) is 6.74. The van der Waals surface area contributed by atoms with Gasteiger partial charge in [0, 0.05) is 5.92 Å². The summed E-state index contributed by atoms with van der Waals surface area (Å²) in [7, 11) is -4.38. The third-order valence-corrected chi connectivity index (χ3v) is 4.71. The molecule has 0 bridgehead atoms. The highest BCUT2D eigenvalue weighted by Crippen LogP contribution is 2.44. The molecule has 2 aromatic heterocycles. The van der Waals surface area contributed by atoms with Crippen molar-refractivity contribution in [1.82, 2.24) is 19.5 Å². The summed E-state index contributed by atoms with van der Waals surface area (Å²) >= 11 is 0. The van der Waals surface area contributed by atoms with Crippen molar-refractivity contribution >= 4 is 24.6 Å². The first kappa shape index (κ1) is 16.2. The molecule has 1 aliphatic heterocycles. The molecule has 1 fully saturated rings. The van der Waals surface area contributed by atoms with Crippen molar-refractivity contribution in [2.24, 2.45) is 5.92 Å². The first-order chi connectivity index (χ1) is 10.8. The van der Waals surface area contributed by atoms with Gasteiger partial charge in [-0.1, -0.05) is 0 Å². The Hall–Kier alpha value is -1.62. The molecule has 1 saturated heterocycles. The summed E-state index contributed by atoms with van der Waals surface area (Å²) in [4.78, 5) is 30.2. The summed E-state index contributed by atoms with van der Waals surface area (Å²) in [5.41, 5.74) is 6.33. The van der Waals surface area contributed by atoms with Crippen molar-refractivity contribution in [3.63, 3.8) is 0 Å². The molecule has 4 atom stereocenters. The number of imidazole rings is 1. The van der Waals surface area contributed by atoms with Crippen LogP contribution in [0.15, 0.2) is 12.7 Å². The van der Waals surface area contributed by atoms with Crippen LogP contribution >= 0.6 is 7.60 Å². The van der Waals surface area contributed by atoms with Gasteiger partial charge in [-0.15, -0.1) is 0 Å². The lowest BCUT2D eigenvalue weighted by Gasteiger charge is -2.19. The molecule has 3 rings (SSSR count). The zero-order valence-electron chi connectivity index (χ0n) is 11.8. The minimum absolute atomic E-state index is 0.159. The molecule has 0 unspecified atom stereocenters. The fraction of sp³-hybridized carbons (Fsp3) is 0.545. The summed E-state index contributed by atoms with van der Waals surface area (Å²) in [6.07, 6.45) is -1.19. The summed E-state index contributed by atoms with van der Waals surface area (Å²) in [6.45, 7) is -0.484. The molecule has 11 nitrogen and oxygen atoms in total. The maximum absolute atomic E-state index is 11.2. The second kappa shape index (κ2) is 5.78. The van der Waals surface area contributed by atoms with E-state index in [2.05, 4.69) is 15.0 Å². The van der Waals surface area contributed by atoms with E-state index in [1.165, 1.54) is 17.2 Å². The monoisotopic (exact) mass is 345 g/mol. The van der Waals surface area contributed by atoms with Crippen LogP contribution in [0.4, 0.5) is 5.82 Å². The standard InChI is InChI=1S/C11H16N5O6P/c12-9-7-10(14-3-13-9)16(4-15-7)11-8(18)5(2-23(19,20)21)6(1-17)22-11/h3-6,8,11,17-18H,1-2H2,(H2,12,13,14)(H2,19,20,21)/t5-,6-,8-,11-/m1/s1. The Balaban J connectivity index is 1.96. The van der Waals surface area contributed by atoms with Crippen LogP contribution in [-0.4, -0.2) is 64.5 Å². The normalized spacial score (nSPS) is 28.5. The van der Waals surface area contributed by atoms with Crippen molar-refractivity contribution in [2.75, 3.05) is 18.5 Å². The Kier molecular flexibility index (Phi) is 4.08. The summed E-state index contributed by atoms with van der Waals surface area (Å²) in [5.74, 6) is -0.769. The summed E-state index contributed by atoms with van der Waals surface area (Å²) in [5, 5.41) is 19.8.